The Bertz CT molecular complexity index is 524. The van der Waals surface area contributed by atoms with Gasteiger partial charge in [-0.3, -0.25) is 9.89 Å². The Morgan fingerprint density at radius 1 is 1.19 bits per heavy atom. The molecule has 0 bridgehead atoms. The van der Waals surface area contributed by atoms with Crippen LogP contribution in [0, 0.1) is 0 Å². The molecule has 0 spiro atoms. The van der Waals surface area contributed by atoms with Gasteiger partial charge in [0.15, 0.2) is 5.96 Å². The normalized spacial score (nSPS) is 17.8. The van der Waals surface area contributed by atoms with Gasteiger partial charge in [-0.15, -0.1) is 24.0 Å². The molecule has 1 atom stereocenters. The number of guanidine groups is 1. The van der Waals surface area contributed by atoms with E-state index >= 15 is 0 Å². The molecule has 0 aliphatic carbocycles. The molecule has 0 aromatic heterocycles. The van der Waals surface area contributed by atoms with Crippen LogP contribution in [-0.2, 0) is 0 Å². The Labute approximate surface area is 176 Å². The topological polar surface area (TPSA) is 42.9 Å². The van der Waals surface area contributed by atoms with Crippen LogP contribution < -0.4 is 15.5 Å². The van der Waals surface area contributed by atoms with Crippen molar-refractivity contribution < 1.29 is 0 Å². The van der Waals surface area contributed by atoms with Crippen molar-refractivity contribution in [3.8, 4) is 0 Å². The van der Waals surface area contributed by atoms with Crippen LogP contribution in [0.2, 0.25) is 0 Å². The minimum absolute atomic E-state index is 0. The number of benzene rings is 1. The second kappa shape index (κ2) is 11.6. The van der Waals surface area contributed by atoms with E-state index in [1.807, 2.05) is 7.05 Å². The van der Waals surface area contributed by atoms with Crippen molar-refractivity contribution in [3.05, 3.63) is 30.3 Å². The summed E-state index contributed by atoms with van der Waals surface area (Å²) >= 11 is 0. The first-order chi connectivity index (χ1) is 12.0. The Kier molecular flexibility index (Phi) is 10.3. The van der Waals surface area contributed by atoms with Crippen LogP contribution in [0.15, 0.2) is 35.3 Å². The summed E-state index contributed by atoms with van der Waals surface area (Å²) in [5.41, 5.74) is 1.30. The lowest BCUT2D eigenvalue weighted by molar-refractivity contribution is 0.178. The highest BCUT2D eigenvalue weighted by molar-refractivity contribution is 14.0. The maximum absolute atomic E-state index is 4.39. The molecule has 1 heterocycles. The molecule has 1 aliphatic rings. The maximum atomic E-state index is 4.39. The van der Waals surface area contributed by atoms with Gasteiger partial charge in [-0.2, -0.15) is 0 Å². The van der Waals surface area contributed by atoms with E-state index in [1.54, 1.807) is 0 Å². The molecule has 0 amide bonds. The van der Waals surface area contributed by atoms with Crippen LogP contribution in [0.25, 0.3) is 0 Å². The van der Waals surface area contributed by atoms with Gasteiger partial charge in [-0.05, 0) is 46.2 Å². The summed E-state index contributed by atoms with van der Waals surface area (Å²) in [6, 6.07) is 12.2. The fourth-order valence-corrected chi connectivity index (χ4v) is 3.56. The summed E-state index contributed by atoms with van der Waals surface area (Å²) in [7, 11) is 1.85. The molecule has 2 rings (SSSR count). The third-order valence-electron chi connectivity index (χ3n) is 4.86. The van der Waals surface area contributed by atoms with Crippen molar-refractivity contribution in [2.45, 2.75) is 52.2 Å². The van der Waals surface area contributed by atoms with Crippen molar-refractivity contribution in [1.29, 1.82) is 0 Å². The van der Waals surface area contributed by atoms with Gasteiger partial charge in [-0.1, -0.05) is 18.2 Å². The highest BCUT2D eigenvalue weighted by Crippen LogP contribution is 2.19. The number of rotatable bonds is 7. The molecular weight excluding hydrogens is 437 g/mol. The first-order valence-corrected chi connectivity index (χ1v) is 9.54. The molecule has 1 saturated heterocycles. The van der Waals surface area contributed by atoms with Crippen LogP contribution in [0.4, 0.5) is 5.69 Å². The number of nitrogens with one attached hydrogen (secondary N) is 2. The Morgan fingerprint density at radius 2 is 1.85 bits per heavy atom. The summed E-state index contributed by atoms with van der Waals surface area (Å²) < 4.78 is 0. The third-order valence-corrected chi connectivity index (χ3v) is 4.86. The predicted octanol–water partition coefficient (Wildman–Crippen LogP) is 3.17. The highest BCUT2D eigenvalue weighted by atomic mass is 127. The molecule has 1 aromatic carbocycles. The standard InChI is InChI=1S/C20H35N5.HI/c1-16(2)25(17(3)4)14-12-22-20(21-5)23-18-11-13-24(15-18)19-9-7-6-8-10-19;/h6-10,16-18H,11-15H2,1-5H3,(H2,21,22,23);1H. The lowest BCUT2D eigenvalue weighted by Gasteiger charge is -2.30. The van der Waals surface area contributed by atoms with Gasteiger partial charge in [0.25, 0.3) is 0 Å². The molecule has 0 saturated carbocycles. The SMILES string of the molecule is CN=C(NCCN(C(C)C)C(C)C)NC1CCN(c2ccccc2)C1.I. The average molecular weight is 473 g/mol. The van der Waals surface area contributed by atoms with Crippen molar-refractivity contribution in [3.63, 3.8) is 0 Å². The summed E-state index contributed by atoms with van der Waals surface area (Å²) in [5.74, 6) is 0.910. The highest BCUT2D eigenvalue weighted by Gasteiger charge is 2.23. The molecule has 5 nitrogen and oxygen atoms in total. The van der Waals surface area contributed by atoms with E-state index in [-0.39, 0.29) is 24.0 Å². The van der Waals surface area contributed by atoms with E-state index in [4.69, 9.17) is 0 Å². The smallest absolute Gasteiger partial charge is 0.191 e. The first-order valence-electron chi connectivity index (χ1n) is 9.54. The molecule has 1 aliphatic heterocycles. The number of nitrogens with zero attached hydrogens (tertiary/aromatic N) is 3. The largest absolute Gasteiger partial charge is 0.369 e. The van der Waals surface area contributed by atoms with Crippen LogP contribution in [0.5, 0.6) is 0 Å². The summed E-state index contributed by atoms with van der Waals surface area (Å²) in [5, 5.41) is 7.05. The van der Waals surface area contributed by atoms with Crippen LogP contribution in [0.3, 0.4) is 0 Å². The van der Waals surface area contributed by atoms with E-state index in [9.17, 15) is 0 Å². The monoisotopic (exact) mass is 473 g/mol. The van der Waals surface area contributed by atoms with E-state index < -0.39 is 0 Å². The molecule has 1 aromatic rings. The minimum Gasteiger partial charge on any atom is -0.369 e. The van der Waals surface area contributed by atoms with Crippen LogP contribution in [0.1, 0.15) is 34.1 Å². The average Bonchev–Trinajstić information content (AvgIpc) is 3.06. The van der Waals surface area contributed by atoms with Gasteiger partial charge in [0.2, 0.25) is 0 Å². The predicted molar refractivity (Wildman–Crippen MR) is 124 cm³/mol. The third kappa shape index (κ3) is 6.95. The molecule has 26 heavy (non-hydrogen) atoms. The van der Waals surface area contributed by atoms with Crippen LogP contribution in [-0.4, -0.2) is 62.2 Å². The number of para-hydroxylation sites is 1. The van der Waals surface area contributed by atoms with E-state index in [2.05, 4.69) is 83.5 Å². The van der Waals surface area contributed by atoms with E-state index in [1.165, 1.54) is 5.69 Å². The fraction of sp³-hybridized carbons (Fsp3) is 0.650. The molecule has 148 valence electrons. The summed E-state index contributed by atoms with van der Waals surface area (Å²) in [6.07, 6.45) is 1.14. The number of halogens is 1. The van der Waals surface area contributed by atoms with Gasteiger partial charge in [0.1, 0.15) is 0 Å². The quantitative estimate of drug-likeness (QED) is 0.363. The molecule has 1 fully saturated rings. The Balaban J connectivity index is 0.00000338. The van der Waals surface area contributed by atoms with Gasteiger partial charge >= 0.3 is 0 Å². The van der Waals surface area contributed by atoms with Crippen molar-refractivity contribution in [2.24, 2.45) is 4.99 Å². The number of aliphatic imine (C=N–C) groups is 1. The lowest BCUT2D eigenvalue weighted by Crippen LogP contribution is -2.48. The number of anilines is 1. The van der Waals surface area contributed by atoms with Crippen molar-refractivity contribution >= 4 is 35.6 Å². The van der Waals surface area contributed by atoms with Gasteiger partial charge in [-0.25, -0.2) is 0 Å². The molecule has 2 N–H and O–H groups in total. The van der Waals surface area contributed by atoms with E-state index in [0.717, 1.165) is 38.6 Å². The Morgan fingerprint density at radius 3 is 2.42 bits per heavy atom. The number of hydrogen-bond donors (Lipinski definition) is 2. The molecule has 1 unspecified atom stereocenters. The Hall–Kier alpha value is -1.02. The van der Waals surface area contributed by atoms with Crippen molar-refractivity contribution in [1.82, 2.24) is 15.5 Å². The molecule has 6 heteroatoms. The first kappa shape index (κ1) is 23.0. The lowest BCUT2D eigenvalue weighted by atomic mass is 10.2. The van der Waals surface area contributed by atoms with Gasteiger partial charge in [0.05, 0.1) is 0 Å². The zero-order chi connectivity index (χ0) is 18.2. The van der Waals surface area contributed by atoms with Crippen molar-refractivity contribution in [2.75, 3.05) is 38.1 Å². The summed E-state index contributed by atoms with van der Waals surface area (Å²) in [6.45, 7) is 13.1. The summed E-state index contributed by atoms with van der Waals surface area (Å²) in [4.78, 5) is 9.32. The second-order valence-electron chi connectivity index (χ2n) is 7.34. The molecule has 0 radical (unpaired) electrons. The number of hydrogen-bond acceptors (Lipinski definition) is 3. The molecular formula is C20H36IN5. The van der Waals surface area contributed by atoms with Gasteiger partial charge in [0, 0.05) is 57.0 Å². The fourth-order valence-electron chi connectivity index (χ4n) is 3.56. The van der Waals surface area contributed by atoms with Crippen LogP contribution >= 0.6 is 24.0 Å². The second-order valence-corrected chi connectivity index (χ2v) is 7.34. The zero-order valence-corrected chi connectivity index (χ0v) is 19.2. The zero-order valence-electron chi connectivity index (χ0n) is 16.9. The minimum atomic E-state index is 0. The maximum Gasteiger partial charge on any atom is 0.191 e. The van der Waals surface area contributed by atoms with Gasteiger partial charge < -0.3 is 15.5 Å². The van der Waals surface area contributed by atoms with E-state index in [0.29, 0.717) is 18.1 Å².